The number of aromatic hydroxyl groups is 1. The van der Waals surface area contributed by atoms with Gasteiger partial charge >= 0.3 is 12.2 Å². The summed E-state index contributed by atoms with van der Waals surface area (Å²) in [6.45, 7) is 0. The van der Waals surface area contributed by atoms with E-state index < -0.39 is 17.8 Å². The zero-order valence-corrected chi connectivity index (χ0v) is 12.6. The predicted molar refractivity (Wildman–Crippen MR) is 87.5 cm³/mol. The van der Waals surface area contributed by atoms with Crippen LogP contribution in [0.25, 0.3) is 10.9 Å². The van der Waals surface area contributed by atoms with Gasteiger partial charge in [0, 0.05) is 11.6 Å². The number of aromatic nitrogens is 1. The maximum absolute atomic E-state index is 12.9. The Morgan fingerprint density at radius 2 is 1.68 bits per heavy atom. The SMILES string of the molecule is O=C(Nc1ccccc1C(F)(F)F)Nc1ccc2cccnc2c1O. The Labute approximate surface area is 140 Å². The van der Waals surface area contributed by atoms with Gasteiger partial charge in [-0.25, -0.2) is 4.79 Å². The van der Waals surface area contributed by atoms with Crippen molar-refractivity contribution in [3.63, 3.8) is 0 Å². The summed E-state index contributed by atoms with van der Waals surface area (Å²) < 4.78 is 38.8. The molecule has 1 heterocycles. The lowest BCUT2D eigenvalue weighted by atomic mass is 10.1. The average Bonchev–Trinajstić information content (AvgIpc) is 2.57. The summed E-state index contributed by atoms with van der Waals surface area (Å²) in [5.41, 5.74) is -1.04. The third kappa shape index (κ3) is 3.47. The van der Waals surface area contributed by atoms with E-state index in [4.69, 9.17) is 0 Å². The van der Waals surface area contributed by atoms with Gasteiger partial charge in [0.25, 0.3) is 0 Å². The van der Waals surface area contributed by atoms with E-state index in [1.165, 1.54) is 24.4 Å². The fraction of sp³-hybridized carbons (Fsp3) is 0.0588. The van der Waals surface area contributed by atoms with Crippen molar-refractivity contribution in [1.82, 2.24) is 4.98 Å². The van der Waals surface area contributed by atoms with Crippen LogP contribution in [0.15, 0.2) is 54.7 Å². The molecule has 8 heteroatoms. The smallest absolute Gasteiger partial charge is 0.418 e. The van der Waals surface area contributed by atoms with Crippen LogP contribution in [0.2, 0.25) is 0 Å². The van der Waals surface area contributed by atoms with Gasteiger partial charge in [-0.1, -0.05) is 24.3 Å². The van der Waals surface area contributed by atoms with Gasteiger partial charge in [0.1, 0.15) is 5.52 Å². The Bertz CT molecular complexity index is 942. The van der Waals surface area contributed by atoms with Crippen LogP contribution < -0.4 is 10.6 Å². The van der Waals surface area contributed by atoms with E-state index in [0.29, 0.717) is 5.39 Å². The highest BCUT2D eigenvalue weighted by atomic mass is 19.4. The number of phenolic OH excluding ortho intramolecular Hbond substituents is 1. The van der Waals surface area contributed by atoms with Crippen LogP contribution in [0.4, 0.5) is 29.3 Å². The largest absolute Gasteiger partial charge is 0.504 e. The third-order valence-corrected chi connectivity index (χ3v) is 3.48. The number of phenols is 1. The first-order chi connectivity index (χ1) is 11.9. The number of hydrogen-bond donors (Lipinski definition) is 3. The molecular formula is C17H12F3N3O2. The monoisotopic (exact) mass is 347 g/mol. The van der Waals surface area contributed by atoms with Gasteiger partial charge < -0.3 is 15.7 Å². The van der Waals surface area contributed by atoms with E-state index in [1.807, 2.05) is 0 Å². The lowest BCUT2D eigenvalue weighted by Gasteiger charge is -2.14. The molecule has 0 radical (unpaired) electrons. The second-order valence-corrected chi connectivity index (χ2v) is 5.16. The minimum absolute atomic E-state index is 0.0354. The number of nitrogens with zero attached hydrogens (tertiary/aromatic N) is 1. The van der Waals surface area contributed by atoms with Crippen molar-refractivity contribution in [3.05, 3.63) is 60.3 Å². The van der Waals surface area contributed by atoms with Gasteiger partial charge in [-0.3, -0.25) is 4.98 Å². The van der Waals surface area contributed by atoms with Crippen molar-refractivity contribution in [2.45, 2.75) is 6.18 Å². The van der Waals surface area contributed by atoms with Crippen molar-refractivity contribution in [3.8, 4) is 5.75 Å². The normalized spacial score (nSPS) is 11.3. The molecule has 0 saturated carbocycles. The molecule has 0 fully saturated rings. The topological polar surface area (TPSA) is 74.2 Å². The van der Waals surface area contributed by atoms with Crippen LogP contribution in [0, 0.1) is 0 Å². The van der Waals surface area contributed by atoms with Crippen molar-refractivity contribution < 1.29 is 23.1 Å². The summed E-state index contributed by atoms with van der Waals surface area (Å²) in [4.78, 5) is 16.0. The Hall–Kier alpha value is -3.29. The fourth-order valence-electron chi connectivity index (χ4n) is 2.35. The number of para-hydroxylation sites is 1. The molecule has 128 valence electrons. The second kappa shape index (κ2) is 6.31. The molecule has 3 rings (SSSR count). The molecule has 0 aliphatic carbocycles. The molecule has 0 aliphatic heterocycles. The lowest BCUT2D eigenvalue weighted by Crippen LogP contribution is -2.21. The Morgan fingerprint density at radius 1 is 0.960 bits per heavy atom. The molecular weight excluding hydrogens is 335 g/mol. The second-order valence-electron chi connectivity index (χ2n) is 5.16. The molecule has 0 spiro atoms. The number of fused-ring (bicyclic) bond motifs is 1. The summed E-state index contributed by atoms with van der Waals surface area (Å²) in [5.74, 6) is -0.266. The molecule has 2 aromatic carbocycles. The zero-order chi connectivity index (χ0) is 18.0. The summed E-state index contributed by atoms with van der Waals surface area (Å²) in [6, 6.07) is 10.2. The van der Waals surface area contributed by atoms with Crippen LogP contribution >= 0.6 is 0 Å². The summed E-state index contributed by atoms with van der Waals surface area (Å²) in [7, 11) is 0. The molecule has 0 saturated heterocycles. The number of halogens is 3. The van der Waals surface area contributed by atoms with E-state index in [2.05, 4.69) is 15.6 Å². The van der Waals surface area contributed by atoms with Crippen molar-refractivity contribution in [2.75, 3.05) is 10.6 Å². The van der Waals surface area contributed by atoms with Gasteiger partial charge in [-0.2, -0.15) is 13.2 Å². The average molecular weight is 347 g/mol. The minimum atomic E-state index is -4.60. The van der Waals surface area contributed by atoms with Gasteiger partial charge in [-0.15, -0.1) is 0 Å². The Morgan fingerprint density at radius 3 is 2.44 bits per heavy atom. The number of alkyl halides is 3. The van der Waals surface area contributed by atoms with Crippen LogP contribution in [-0.4, -0.2) is 16.1 Å². The first-order valence-electron chi connectivity index (χ1n) is 7.17. The van der Waals surface area contributed by atoms with E-state index in [-0.39, 0.29) is 22.6 Å². The maximum Gasteiger partial charge on any atom is 0.418 e. The van der Waals surface area contributed by atoms with Crippen LogP contribution in [0.1, 0.15) is 5.56 Å². The number of hydrogen-bond acceptors (Lipinski definition) is 3. The first-order valence-corrected chi connectivity index (χ1v) is 7.17. The van der Waals surface area contributed by atoms with Crippen LogP contribution in [-0.2, 0) is 6.18 Å². The van der Waals surface area contributed by atoms with Gasteiger partial charge in [0.2, 0.25) is 0 Å². The lowest BCUT2D eigenvalue weighted by molar-refractivity contribution is -0.136. The number of anilines is 2. The standard InChI is InChI=1S/C17H12F3N3O2/c18-17(19,20)11-5-1-2-6-12(11)22-16(25)23-13-8-7-10-4-3-9-21-14(10)15(13)24/h1-9,24H,(H2,22,23,25). The quantitative estimate of drug-likeness (QED) is 0.593. The highest BCUT2D eigenvalue weighted by molar-refractivity contribution is 6.03. The van der Waals surface area contributed by atoms with Crippen LogP contribution in [0.5, 0.6) is 5.75 Å². The van der Waals surface area contributed by atoms with E-state index >= 15 is 0 Å². The molecule has 0 aliphatic rings. The number of amides is 2. The van der Waals surface area contributed by atoms with Crippen molar-refractivity contribution in [1.29, 1.82) is 0 Å². The number of carbonyl (C=O) groups is 1. The number of rotatable bonds is 2. The molecule has 3 N–H and O–H groups in total. The van der Waals surface area contributed by atoms with E-state index in [1.54, 1.807) is 18.2 Å². The summed E-state index contributed by atoms with van der Waals surface area (Å²) in [5, 5.41) is 15.3. The third-order valence-electron chi connectivity index (χ3n) is 3.48. The van der Waals surface area contributed by atoms with Gasteiger partial charge in [-0.05, 0) is 24.3 Å². The molecule has 0 unspecified atom stereocenters. The number of nitrogens with one attached hydrogen (secondary N) is 2. The Balaban J connectivity index is 1.84. The van der Waals surface area contributed by atoms with E-state index in [9.17, 15) is 23.1 Å². The van der Waals surface area contributed by atoms with Crippen molar-refractivity contribution in [2.24, 2.45) is 0 Å². The minimum Gasteiger partial charge on any atom is -0.504 e. The van der Waals surface area contributed by atoms with Gasteiger partial charge in [0.15, 0.2) is 5.75 Å². The first kappa shape index (κ1) is 16.6. The summed E-state index contributed by atoms with van der Waals surface area (Å²) >= 11 is 0. The van der Waals surface area contributed by atoms with Gasteiger partial charge in [0.05, 0.1) is 16.9 Å². The number of carbonyl (C=O) groups excluding carboxylic acids is 1. The maximum atomic E-state index is 12.9. The highest BCUT2D eigenvalue weighted by Crippen LogP contribution is 2.35. The number of benzene rings is 2. The number of urea groups is 1. The summed E-state index contributed by atoms with van der Waals surface area (Å²) in [6.07, 6.45) is -3.12. The van der Waals surface area contributed by atoms with E-state index in [0.717, 1.165) is 12.1 Å². The molecule has 1 aromatic heterocycles. The molecule has 25 heavy (non-hydrogen) atoms. The molecule has 3 aromatic rings. The van der Waals surface area contributed by atoms with Crippen LogP contribution in [0.3, 0.4) is 0 Å². The molecule has 0 bridgehead atoms. The molecule has 5 nitrogen and oxygen atoms in total. The number of pyridine rings is 1. The fourth-order valence-corrected chi connectivity index (χ4v) is 2.35. The zero-order valence-electron chi connectivity index (χ0n) is 12.6. The highest BCUT2D eigenvalue weighted by Gasteiger charge is 2.33. The predicted octanol–water partition coefficient (Wildman–Crippen LogP) is 4.60. The molecule has 2 amide bonds. The van der Waals surface area contributed by atoms with Crippen molar-refractivity contribution >= 4 is 28.3 Å². The Kier molecular flexibility index (Phi) is 4.18. The molecule has 0 atom stereocenters.